The van der Waals surface area contributed by atoms with Gasteiger partial charge in [0, 0.05) is 0 Å². The van der Waals surface area contributed by atoms with E-state index >= 15 is 0 Å². The number of hydrogen-bond donors (Lipinski definition) is 1. The summed E-state index contributed by atoms with van der Waals surface area (Å²) in [7, 11) is 1.63. The summed E-state index contributed by atoms with van der Waals surface area (Å²) in [6, 6.07) is 23.1. The molecule has 3 aromatic carbocycles. The van der Waals surface area contributed by atoms with Crippen LogP contribution in [0.25, 0.3) is 11.1 Å². The third-order valence-electron chi connectivity index (χ3n) is 5.54. The van der Waals surface area contributed by atoms with Gasteiger partial charge in [-0.15, -0.1) is 0 Å². The molecule has 1 amide bonds. The Bertz CT molecular complexity index is 1060. The minimum absolute atomic E-state index is 0.331. The third kappa shape index (κ3) is 3.97. The predicted octanol–water partition coefficient (Wildman–Crippen LogP) is 4.17. The van der Waals surface area contributed by atoms with Crippen LogP contribution in [0.2, 0.25) is 0 Å². The van der Waals surface area contributed by atoms with Gasteiger partial charge >= 0.3 is 5.97 Å². The van der Waals surface area contributed by atoms with Crippen LogP contribution in [0, 0.1) is 0 Å². The number of β-lactam (4-membered cyclic amide) rings is 1. The highest BCUT2D eigenvalue weighted by atomic mass is 16.5. The first-order valence-electron chi connectivity index (χ1n) is 10.0. The molecule has 1 saturated heterocycles. The number of aliphatic carboxylic acids is 1. The van der Waals surface area contributed by atoms with Crippen LogP contribution in [0.1, 0.15) is 18.5 Å². The van der Waals surface area contributed by atoms with E-state index < -0.39 is 24.2 Å². The van der Waals surface area contributed by atoms with Crippen molar-refractivity contribution in [2.24, 2.45) is 0 Å². The van der Waals surface area contributed by atoms with Crippen molar-refractivity contribution < 1.29 is 24.2 Å². The number of benzene rings is 3. The second-order valence-corrected chi connectivity index (χ2v) is 7.41. The monoisotopic (exact) mass is 417 g/mol. The van der Waals surface area contributed by atoms with Gasteiger partial charge in [-0.05, 0) is 47.9 Å². The maximum absolute atomic E-state index is 12.8. The normalized spacial score (nSPS) is 18.8. The molecule has 4 rings (SSSR count). The lowest BCUT2D eigenvalue weighted by Gasteiger charge is -2.48. The van der Waals surface area contributed by atoms with Crippen molar-refractivity contribution in [1.29, 1.82) is 0 Å². The molecule has 3 aromatic rings. The Balaban J connectivity index is 1.62. The van der Waals surface area contributed by atoms with E-state index in [0.717, 1.165) is 22.4 Å². The second kappa shape index (κ2) is 8.52. The van der Waals surface area contributed by atoms with E-state index in [1.54, 1.807) is 19.2 Å². The van der Waals surface area contributed by atoms with E-state index in [2.05, 4.69) is 0 Å². The van der Waals surface area contributed by atoms with Crippen molar-refractivity contribution in [2.45, 2.75) is 25.1 Å². The zero-order valence-electron chi connectivity index (χ0n) is 17.3. The summed E-state index contributed by atoms with van der Waals surface area (Å²) in [6.45, 7) is 1.51. The fourth-order valence-electron chi connectivity index (χ4n) is 3.79. The SMILES string of the molecule is COc1ccc(-c2ccc([C@H]3[C@@H](Oc4ccccc4)C(=O)N3[C@@H](C)C(=O)O)cc2)cc1. The summed E-state index contributed by atoms with van der Waals surface area (Å²) < 4.78 is 11.1. The fraction of sp³-hybridized carbons (Fsp3) is 0.200. The van der Waals surface area contributed by atoms with Gasteiger partial charge in [0.25, 0.3) is 5.91 Å². The van der Waals surface area contributed by atoms with Gasteiger partial charge in [-0.2, -0.15) is 0 Å². The van der Waals surface area contributed by atoms with Crippen molar-refractivity contribution in [2.75, 3.05) is 7.11 Å². The zero-order valence-corrected chi connectivity index (χ0v) is 17.3. The Morgan fingerprint density at radius 1 is 0.903 bits per heavy atom. The van der Waals surface area contributed by atoms with E-state index in [4.69, 9.17) is 9.47 Å². The fourth-order valence-corrected chi connectivity index (χ4v) is 3.79. The molecule has 158 valence electrons. The van der Waals surface area contributed by atoms with Crippen LogP contribution in [-0.2, 0) is 9.59 Å². The molecule has 3 atom stereocenters. The number of amides is 1. The number of ether oxygens (including phenoxy) is 2. The summed E-state index contributed by atoms with van der Waals surface area (Å²) in [5.74, 6) is -0.0229. The number of carboxylic acids is 1. The molecular weight excluding hydrogens is 394 g/mol. The van der Waals surface area contributed by atoms with E-state index in [1.807, 2.05) is 66.7 Å². The first-order valence-corrected chi connectivity index (χ1v) is 10.0. The van der Waals surface area contributed by atoms with Crippen LogP contribution in [0.5, 0.6) is 11.5 Å². The van der Waals surface area contributed by atoms with Crippen molar-refractivity contribution in [3.8, 4) is 22.6 Å². The Morgan fingerprint density at radius 2 is 1.48 bits per heavy atom. The lowest BCUT2D eigenvalue weighted by atomic mass is 9.87. The molecule has 0 aromatic heterocycles. The third-order valence-corrected chi connectivity index (χ3v) is 5.54. The topological polar surface area (TPSA) is 76.1 Å². The number of nitrogens with zero attached hydrogens (tertiary/aromatic N) is 1. The van der Waals surface area contributed by atoms with Crippen LogP contribution >= 0.6 is 0 Å². The largest absolute Gasteiger partial charge is 0.497 e. The van der Waals surface area contributed by atoms with Crippen LogP contribution in [0.4, 0.5) is 0 Å². The maximum atomic E-state index is 12.8. The van der Waals surface area contributed by atoms with Gasteiger partial charge in [-0.3, -0.25) is 4.79 Å². The number of carbonyl (C=O) groups is 2. The van der Waals surface area contributed by atoms with E-state index in [9.17, 15) is 14.7 Å². The zero-order chi connectivity index (χ0) is 22.0. The minimum Gasteiger partial charge on any atom is -0.497 e. The summed E-state index contributed by atoms with van der Waals surface area (Å²) in [4.78, 5) is 25.7. The molecule has 1 fully saturated rings. The number of likely N-dealkylation sites (tertiary alicyclic amines) is 1. The minimum atomic E-state index is -1.05. The van der Waals surface area contributed by atoms with Crippen molar-refractivity contribution in [3.05, 3.63) is 84.4 Å². The van der Waals surface area contributed by atoms with Crippen molar-refractivity contribution in [3.63, 3.8) is 0 Å². The molecule has 1 N–H and O–H groups in total. The Labute approximate surface area is 180 Å². The van der Waals surface area contributed by atoms with Crippen LogP contribution in [0.3, 0.4) is 0 Å². The highest BCUT2D eigenvalue weighted by Crippen LogP contribution is 2.40. The average Bonchev–Trinajstić information content (AvgIpc) is 2.81. The number of methoxy groups -OCH3 is 1. The number of carboxylic acid groups (broad SMARTS) is 1. The molecule has 1 heterocycles. The maximum Gasteiger partial charge on any atom is 0.326 e. The van der Waals surface area contributed by atoms with Gasteiger partial charge < -0.3 is 19.5 Å². The van der Waals surface area contributed by atoms with Crippen LogP contribution in [-0.4, -0.2) is 41.1 Å². The molecule has 0 radical (unpaired) electrons. The Morgan fingerprint density at radius 3 is 2.03 bits per heavy atom. The quantitative estimate of drug-likeness (QED) is 0.584. The molecule has 0 saturated carbocycles. The summed E-state index contributed by atoms with van der Waals surface area (Å²) in [5, 5.41) is 9.47. The van der Waals surface area contributed by atoms with E-state index in [0.29, 0.717) is 5.75 Å². The van der Waals surface area contributed by atoms with Crippen molar-refractivity contribution in [1.82, 2.24) is 4.90 Å². The molecule has 0 aliphatic carbocycles. The molecule has 6 heteroatoms. The molecule has 0 spiro atoms. The summed E-state index contributed by atoms with van der Waals surface area (Å²) in [5.41, 5.74) is 2.87. The molecule has 6 nitrogen and oxygen atoms in total. The average molecular weight is 417 g/mol. The van der Waals surface area contributed by atoms with Gasteiger partial charge in [0.2, 0.25) is 6.10 Å². The summed E-state index contributed by atoms with van der Waals surface area (Å²) in [6.07, 6.45) is -0.768. The predicted molar refractivity (Wildman–Crippen MR) is 116 cm³/mol. The van der Waals surface area contributed by atoms with E-state index in [1.165, 1.54) is 11.8 Å². The number of carbonyl (C=O) groups excluding carboxylic acids is 1. The number of hydrogen-bond acceptors (Lipinski definition) is 4. The lowest BCUT2D eigenvalue weighted by Crippen LogP contribution is -2.65. The first kappa shape index (κ1) is 20.5. The van der Waals surface area contributed by atoms with Crippen LogP contribution in [0.15, 0.2) is 78.9 Å². The highest BCUT2D eigenvalue weighted by Gasteiger charge is 2.53. The van der Waals surface area contributed by atoms with Gasteiger partial charge in [-0.25, -0.2) is 4.79 Å². The molecular formula is C25H23NO5. The van der Waals surface area contributed by atoms with Crippen LogP contribution < -0.4 is 9.47 Å². The van der Waals surface area contributed by atoms with Gasteiger partial charge in [0.15, 0.2) is 0 Å². The molecule has 1 aliphatic rings. The second-order valence-electron chi connectivity index (χ2n) is 7.41. The van der Waals surface area contributed by atoms with Gasteiger partial charge in [-0.1, -0.05) is 54.6 Å². The van der Waals surface area contributed by atoms with Gasteiger partial charge in [0.05, 0.1) is 7.11 Å². The highest BCUT2D eigenvalue weighted by molar-refractivity contribution is 5.93. The lowest BCUT2D eigenvalue weighted by molar-refractivity contribution is -0.175. The van der Waals surface area contributed by atoms with Crippen molar-refractivity contribution >= 4 is 11.9 Å². The standard InChI is InChI=1S/C25H23NO5/c1-16(25(28)29)26-22(23(24(26)27)31-21-6-4-3-5-7-21)19-10-8-17(9-11-19)18-12-14-20(30-2)15-13-18/h3-16,22-23H,1-2H3,(H,28,29)/t16-,22-,23+/m0/s1. The smallest absolute Gasteiger partial charge is 0.326 e. The summed E-state index contributed by atoms with van der Waals surface area (Å²) >= 11 is 0. The first-order chi connectivity index (χ1) is 15.0. The van der Waals surface area contributed by atoms with Gasteiger partial charge in [0.1, 0.15) is 23.6 Å². The molecule has 31 heavy (non-hydrogen) atoms. The van der Waals surface area contributed by atoms with E-state index in [-0.39, 0.29) is 5.91 Å². The number of para-hydroxylation sites is 1. The number of rotatable bonds is 7. The molecule has 1 aliphatic heterocycles. The Kier molecular flexibility index (Phi) is 5.62. The molecule has 0 unspecified atom stereocenters. The Hall–Kier alpha value is -3.80. The molecule has 0 bridgehead atoms.